The average Bonchev–Trinajstić information content (AvgIpc) is 3.15. The Labute approximate surface area is 190 Å². The molecule has 7 nitrogen and oxygen atoms in total. The zero-order valence-electron chi connectivity index (χ0n) is 17.3. The number of guanidine groups is 1. The molecule has 1 saturated carbocycles. The van der Waals surface area contributed by atoms with Crippen molar-refractivity contribution >= 4 is 41.7 Å². The molecule has 29 heavy (non-hydrogen) atoms. The van der Waals surface area contributed by atoms with E-state index < -0.39 is 0 Å². The van der Waals surface area contributed by atoms with Gasteiger partial charge in [-0.2, -0.15) is 0 Å². The number of carbonyl (C=O) groups excluding carboxylic acids is 1. The highest BCUT2D eigenvalue weighted by molar-refractivity contribution is 14.0. The lowest BCUT2D eigenvalue weighted by Gasteiger charge is -2.38. The fourth-order valence-corrected chi connectivity index (χ4v) is 4.96. The minimum Gasteiger partial charge on any atom is -0.369 e. The number of amides is 1. The number of hydrogen-bond acceptors (Lipinski definition) is 4. The molecular formula is C21H33IN6O. The number of anilines is 1. The number of primary amides is 1. The van der Waals surface area contributed by atoms with E-state index in [2.05, 4.69) is 31.2 Å². The van der Waals surface area contributed by atoms with E-state index in [1.165, 1.54) is 25.7 Å². The standard InChI is InChI=1S/C21H32N6O.HI/c1-23-20(27-12-9-21(15-27)7-4-8-21)25-13-16-5-2-10-24-19(16)26-11-3-6-17(14-26)18(22)28;/h2,5,10,17H,3-4,6-9,11-15H2,1H3,(H2,22,28)(H,23,25);1H. The molecule has 3 aliphatic rings. The summed E-state index contributed by atoms with van der Waals surface area (Å²) in [7, 11) is 1.86. The second-order valence-electron chi connectivity index (χ2n) is 8.60. The van der Waals surface area contributed by atoms with E-state index >= 15 is 0 Å². The zero-order chi connectivity index (χ0) is 19.6. The van der Waals surface area contributed by atoms with Crippen LogP contribution in [-0.2, 0) is 11.3 Å². The zero-order valence-corrected chi connectivity index (χ0v) is 19.6. The topological polar surface area (TPSA) is 86.9 Å². The van der Waals surface area contributed by atoms with Crippen LogP contribution >= 0.6 is 24.0 Å². The first kappa shape index (κ1) is 22.1. The van der Waals surface area contributed by atoms with Crippen LogP contribution < -0.4 is 16.0 Å². The van der Waals surface area contributed by atoms with Gasteiger partial charge in [0.15, 0.2) is 5.96 Å². The van der Waals surface area contributed by atoms with Crippen LogP contribution in [0.5, 0.6) is 0 Å². The Bertz CT molecular complexity index is 750. The summed E-state index contributed by atoms with van der Waals surface area (Å²) in [5, 5.41) is 3.54. The monoisotopic (exact) mass is 512 g/mol. The third-order valence-corrected chi connectivity index (χ3v) is 6.79. The molecule has 3 heterocycles. The Kier molecular flexibility index (Phi) is 7.23. The van der Waals surface area contributed by atoms with Gasteiger partial charge in [-0.3, -0.25) is 9.79 Å². The molecule has 3 fully saturated rings. The van der Waals surface area contributed by atoms with Crippen molar-refractivity contribution in [2.24, 2.45) is 22.1 Å². The van der Waals surface area contributed by atoms with Gasteiger partial charge in [-0.25, -0.2) is 4.98 Å². The minimum atomic E-state index is -0.209. The summed E-state index contributed by atoms with van der Waals surface area (Å²) in [6.45, 7) is 4.46. The summed E-state index contributed by atoms with van der Waals surface area (Å²) in [5.41, 5.74) is 7.23. The van der Waals surface area contributed by atoms with Crippen LogP contribution in [0.15, 0.2) is 23.3 Å². The van der Waals surface area contributed by atoms with Crippen LogP contribution in [0.3, 0.4) is 0 Å². The Morgan fingerprint density at radius 2 is 2.17 bits per heavy atom. The highest BCUT2D eigenvalue weighted by atomic mass is 127. The molecule has 3 N–H and O–H groups in total. The molecule has 1 unspecified atom stereocenters. The number of nitrogens with two attached hydrogens (primary N) is 1. The molecule has 0 aromatic carbocycles. The van der Waals surface area contributed by atoms with Gasteiger partial charge < -0.3 is 20.9 Å². The van der Waals surface area contributed by atoms with Gasteiger partial charge in [-0.05, 0) is 43.6 Å². The molecule has 1 aliphatic carbocycles. The maximum atomic E-state index is 11.6. The molecule has 160 valence electrons. The van der Waals surface area contributed by atoms with Crippen molar-refractivity contribution in [2.45, 2.75) is 45.1 Å². The van der Waals surface area contributed by atoms with Crippen LogP contribution in [0.2, 0.25) is 0 Å². The third-order valence-electron chi connectivity index (χ3n) is 6.79. The van der Waals surface area contributed by atoms with Gasteiger partial charge in [0.1, 0.15) is 5.82 Å². The van der Waals surface area contributed by atoms with Crippen LogP contribution in [0, 0.1) is 11.3 Å². The number of aliphatic imine (C=N–C) groups is 1. The normalized spacial score (nSPS) is 23.5. The van der Waals surface area contributed by atoms with E-state index in [4.69, 9.17) is 5.73 Å². The predicted molar refractivity (Wildman–Crippen MR) is 126 cm³/mol. The predicted octanol–water partition coefficient (Wildman–Crippen LogP) is 2.35. The van der Waals surface area contributed by atoms with Gasteiger partial charge in [-0.15, -0.1) is 24.0 Å². The van der Waals surface area contributed by atoms with Crippen molar-refractivity contribution in [3.8, 4) is 0 Å². The summed E-state index contributed by atoms with van der Waals surface area (Å²) < 4.78 is 0. The second kappa shape index (κ2) is 9.49. The van der Waals surface area contributed by atoms with E-state index in [-0.39, 0.29) is 35.8 Å². The maximum absolute atomic E-state index is 11.6. The molecule has 0 bridgehead atoms. The average molecular weight is 512 g/mol. The van der Waals surface area contributed by atoms with Crippen LogP contribution in [0.4, 0.5) is 5.82 Å². The molecule has 8 heteroatoms. The van der Waals surface area contributed by atoms with Gasteiger partial charge in [0, 0.05) is 51.5 Å². The summed E-state index contributed by atoms with van der Waals surface area (Å²) in [5.74, 6) is 1.63. The largest absolute Gasteiger partial charge is 0.369 e. The Hall–Kier alpha value is -1.58. The van der Waals surface area contributed by atoms with Crippen molar-refractivity contribution in [3.63, 3.8) is 0 Å². The number of piperidine rings is 1. The highest BCUT2D eigenvalue weighted by Gasteiger charge is 2.43. The Morgan fingerprint density at radius 1 is 1.34 bits per heavy atom. The van der Waals surface area contributed by atoms with Crippen molar-refractivity contribution < 1.29 is 4.79 Å². The number of nitrogens with zero attached hydrogens (tertiary/aromatic N) is 4. The third kappa shape index (κ3) is 4.78. The van der Waals surface area contributed by atoms with Gasteiger partial charge in [0.05, 0.1) is 5.92 Å². The number of hydrogen-bond donors (Lipinski definition) is 2. The van der Waals surface area contributed by atoms with Gasteiger partial charge in [-0.1, -0.05) is 12.5 Å². The molecule has 0 radical (unpaired) electrons. The minimum absolute atomic E-state index is 0. The number of nitrogens with one attached hydrogen (secondary N) is 1. The first-order chi connectivity index (χ1) is 13.6. The van der Waals surface area contributed by atoms with Gasteiger partial charge in [0.2, 0.25) is 5.91 Å². The van der Waals surface area contributed by atoms with Crippen LogP contribution in [0.25, 0.3) is 0 Å². The lowest BCUT2D eigenvalue weighted by atomic mass is 9.68. The van der Waals surface area contributed by atoms with E-state index in [1.807, 2.05) is 19.3 Å². The maximum Gasteiger partial charge on any atom is 0.222 e. The van der Waals surface area contributed by atoms with Crippen molar-refractivity contribution in [1.82, 2.24) is 15.2 Å². The van der Waals surface area contributed by atoms with E-state index in [9.17, 15) is 4.79 Å². The fraction of sp³-hybridized carbons (Fsp3) is 0.667. The SMILES string of the molecule is CN=C(NCc1cccnc1N1CCCC(C(N)=O)C1)N1CCC2(CCC2)C1.I. The molecule has 1 atom stereocenters. The Balaban J connectivity index is 0.00000240. The quantitative estimate of drug-likeness (QED) is 0.368. The molecule has 1 aromatic rings. The number of halogens is 1. The first-order valence-corrected chi connectivity index (χ1v) is 10.5. The van der Waals surface area contributed by atoms with E-state index in [1.54, 1.807) is 0 Å². The van der Waals surface area contributed by atoms with Crippen LogP contribution in [0.1, 0.15) is 44.1 Å². The van der Waals surface area contributed by atoms with Crippen LogP contribution in [-0.4, -0.2) is 55.0 Å². The molecule has 2 saturated heterocycles. The summed E-state index contributed by atoms with van der Waals surface area (Å²) in [4.78, 5) is 25.4. The van der Waals surface area contributed by atoms with Crippen molar-refractivity contribution in [1.29, 1.82) is 0 Å². The van der Waals surface area contributed by atoms with Gasteiger partial charge in [0.25, 0.3) is 0 Å². The number of pyridine rings is 1. The highest BCUT2D eigenvalue weighted by Crippen LogP contribution is 2.47. The summed E-state index contributed by atoms with van der Waals surface area (Å²) >= 11 is 0. The molecule has 1 amide bonds. The van der Waals surface area contributed by atoms with Crippen molar-refractivity contribution in [2.75, 3.05) is 38.1 Å². The molecule has 1 aromatic heterocycles. The van der Waals surface area contributed by atoms with E-state index in [0.29, 0.717) is 18.5 Å². The lowest BCUT2D eigenvalue weighted by molar-refractivity contribution is -0.122. The molecule has 2 aliphatic heterocycles. The number of aromatic nitrogens is 1. The molecular weight excluding hydrogens is 479 g/mol. The van der Waals surface area contributed by atoms with E-state index in [0.717, 1.165) is 49.8 Å². The Morgan fingerprint density at radius 3 is 2.83 bits per heavy atom. The number of carbonyl (C=O) groups is 1. The number of likely N-dealkylation sites (tertiary alicyclic amines) is 1. The first-order valence-electron chi connectivity index (χ1n) is 10.5. The number of rotatable bonds is 4. The summed E-state index contributed by atoms with van der Waals surface area (Å²) in [6.07, 6.45) is 9.05. The van der Waals surface area contributed by atoms with Gasteiger partial charge >= 0.3 is 0 Å². The lowest BCUT2D eigenvalue weighted by Crippen LogP contribution is -2.43. The second-order valence-corrected chi connectivity index (χ2v) is 8.60. The molecule has 1 spiro atoms. The fourth-order valence-electron chi connectivity index (χ4n) is 4.96. The summed E-state index contributed by atoms with van der Waals surface area (Å²) in [6, 6.07) is 4.08. The van der Waals surface area contributed by atoms with Crippen molar-refractivity contribution in [3.05, 3.63) is 23.9 Å². The smallest absolute Gasteiger partial charge is 0.222 e. The molecule has 4 rings (SSSR count).